The highest BCUT2D eigenvalue weighted by Crippen LogP contribution is 2.47. The van der Waals surface area contributed by atoms with Crippen LogP contribution in [0.4, 0.5) is 0 Å². The third kappa shape index (κ3) is 4.08. The average molecular weight is 462 g/mol. The summed E-state index contributed by atoms with van der Waals surface area (Å²) in [4.78, 5) is 0. The molecule has 36 heavy (non-hydrogen) atoms. The maximum atomic E-state index is 4.50. The van der Waals surface area contributed by atoms with E-state index in [1.807, 2.05) is 12.1 Å². The molecule has 0 aliphatic carbocycles. The third-order valence-corrected chi connectivity index (χ3v) is 6.42. The Bertz CT molecular complexity index is 1600. The van der Waals surface area contributed by atoms with E-state index in [4.69, 9.17) is 0 Å². The van der Waals surface area contributed by atoms with Crippen LogP contribution in [0.2, 0.25) is 0 Å². The first-order chi connectivity index (χ1) is 17.9. The second-order valence-corrected chi connectivity index (χ2v) is 8.56. The Morgan fingerprint density at radius 2 is 0.833 bits per heavy atom. The number of nitrogens with zero attached hydrogens (tertiary/aromatic N) is 3. The Hall–Kier alpha value is -4.89. The lowest BCUT2D eigenvalue weighted by Gasteiger charge is -2.21. The Morgan fingerprint density at radius 3 is 1.36 bits per heavy atom. The van der Waals surface area contributed by atoms with Gasteiger partial charge in [-0.2, -0.15) is 0 Å². The number of rotatable bonds is 5. The molecule has 0 aliphatic heterocycles. The zero-order chi connectivity index (χ0) is 24.2. The van der Waals surface area contributed by atoms with Gasteiger partial charge in [0.2, 0.25) is 0 Å². The molecule has 0 saturated carbocycles. The fourth-order valence-corrected chi connectivity index (χ4v) is 4.81. The minimum atomic E-state index is 0.791. The molecule has 170 valence electrons. The minimum Gasteiger partial charge on any atom is -0.139 e. The van der Waals surface area contributed by atoms with Crippen LogP contribution in [-0.2, 0) is 0 Å². The summed E-state index contributed by atoms with van der Waals surface area (Å²) >= 11 is 0. The molecule has 0 fully saturated rings. The van der Waals surface area contributed by atoms with Gasteiger partial charge in [-0.05, 0) is 50.2 Å². The summed E-state index contributed by atoms with van der Waals surface area (Å²) in [6, 6.07) is 46.5. The SMILES string of the molecule is c1ccc(-c2ccccc2-c2c(-c3ccccc3)ccc(-c3ccccc3)c2-c2ccnnn2)cc1. The van der Waals surface area contributed by atoms with E-state index in [-0.39, 0.29) is 0 Å². The predicted octanol–water partition coefficient (Wildman–Crippen LogP) is 8.21. The van der Waals surface area contributed by atoms with E-state index in [0.717, 1.165) is 44.6 Å². The van der Waals surface area contributed by atoms with E-state index < -0.39 is 0 Å². The van der Waals surface area contributed by atoms with Crippen molar-refractivity contribution in [3.8, 4) is 55.8 Å². The average Bonchev–Trinajstić information content (AvgIpc) is 2.98. The quantitative estimate of drug-likeness (QED) is 0.260. The normalized spacial score (nSPS) is 10.8. The second-order valence-electron chi connectivity index (χ2n) is 8.56. The van der Waals surface area contributed by atoms with Crippen molar-refractivity contribution in [3.05, 3.63) is 140 Å². The van der Waals surface area contributed by atoms with Crippen LogP contribution in [0.15, 0.2) is 140 Å². The molecule has 1 aromatic heterocycles. The molecule has 0 spiro atoms. The molecule has 0 aliphatic rings. The highest BCUT2D eigenvalue weighted by Gasteiger charge is 2.22. The summed E-state index contributed by atoms with van der Waals surface area (Å²) in [5.74, 6) is 0. The fourth-order valence-electron chi connectivity index (χ4n) is 4.81. The standard InChI is InChI=1S/C33H23N3/c1-4-12-24(13-5-1)27-18-10-11-19-30(27)32-28(25-14-6-2-7-15-25)20-21-29(26-16-8-3-9-17-26)33(32)31-22-23-34-36-35-31/h1-23H. The maximum Gasteiger partial charge on any atom is 0.0976 e. The van der Waals surface area contributed by atoms with E-state index in [1.54, 1.807) is 6.20 Å². The maximum absolute atomic E-state index is 4.50. The Balaban J connectivity index is 1.76. The zero-order valence-corrected chi connectivity index (χ0v) is 19.6. The second kappa shape index (κ2) is 9.77. The van der Waals surface area contributed by atoms with Gasteiger partial charge in [-0.1, -0.05) is 127 Å². The number of hydrogen-bond donors (Lipinski definition) is 0. The molecular weight excluding hydrogens is 438 g/mol. The molecule has 0 unspecified atom stereocenters. The van der Waals surface area contributed by atoms with Crippen LogP contribution in [0.1, 0.15) is 0 Å². The lowest BCUT2D eigenvalue weighted by Crippen LogP contribution is -1.98. The van der Waals surface area contributed by atoms with Crippen molar-refractivity contribution in [2.75, 3.05) is 0 Å². The smallest absolute Gasteiger partial charge is 0.0976 e. The molecule has 3 heteroatoms. The molecule has 0 saturated heterocycles. The van der Waals surface area contributed by atoms with Crippen LogP contribution >= 0.6 is 0 Å². The van der Waals surface area contributed by atoms with Crippen molar-refractivity contribution in [2.45, 2.75) is 0 Å². The van der Waals surface area contributed by atoms with Gasteiger partial charge in [-0.15, -0.1) is 10.2 Å². The van der Waals surface area contributed by atoms with E-state index in [9.17, 15) is 0 Å². The fraction of sp³-hybridized carbons (Fsp3) is 0. The van der Waals surface area contributed by atoms with E-state index >= 15 is 0 Å². The molecule has 0 radical (unpaired) electrons. The van der Waals surface area contributed by atoms with Crippen LogP contribution in [-0.4, -0.2) is 15.4 Å². The van der Waals surface area contributed by atoms with Gasteiger partial charge >= 0.3 is 0 Å². The van der Waals surface area contributed by atoms with Crippen LogP contribution < -0.4 is 0 Å². The van der Waals surface area contributed by atoms with Crippen LogP contribution in [0.3, 0.4) is 0 Å². The van der Waals surface area contributed by atoms with Crippen molar-refractivity contribution in [3.63, 3.8) is 0 Å². The molecular formula is C33H23N3. The Kier molecular flexibility index (Phi) is 5.87. The molecule has 6 aromatic rings. The molecule has 6 rings (SSSR count). The number of benzene rings is 5. The number of hydrogen-bond acceptors (Lipinski definition) is 3. The van der Waals surface area contributed by atoms with Gasteiger partial charge < -0.3 is 0 Å². The molecule has 0 bridgehead atoms. The van der Waals surface area contributed by atoms with Crippen molar-refractivity contribution in [1.82, 2.24) is 15.4 Å². The minimum absolute atomic E-state index is 0.791. The Morgan fingerprint density at radius 1 is 0.361 bits per heavy atom. The van der Waals surface area contributed by atoms with Crippen molar-refractivity contribution in [1.29, 1.82) is 0 Å². The first kappa shape index (κ1) is 21.6. The summed E-state index contributed by atoms with van der Waals surface area (Å²) in [5, 5.41) is 12.5. The van der Waals surface area contributed by atoms with Gasteiger partial charge in [0.05, 0.1) is 11.9 Å². The third-order valence-electron chi connectivity index (χ3n) is 6.42. The molecule has 0 atom stereocenters. The van der Waals surface area contributed by atoms with E-state index in [0.29, 0.717) is 0 Å². The van der Waals surface area contributed by atoms with Crippen LogP contribution in [0.5, 0.6) is 0 Å². The lowest BCUT2D eigenvalue weighted by molar-refractivity contribution is 0.871. The van der Waals surface area contributed by atoms with Gasteiger partial charge in [-0.3, -0.25) is 0 Å². The van der Waals surface area contributed by atoms with Crippen LogP contribution in [0.25, 0.3) is 55.8 Å². The van der Waals surface area contributed by atoms with Gasteiger partial charge in [0.25, 0.3) is 0 Å². The van der Waals surface area contributed by atoms with Gasteiger partial charge in [0, 0.05) is 11.1 Å². The monoisotopic (exact) mass is 461 g/mol. The highest BCUT2D eigenvalue weighted by atomic mass is 15.3. The van der Waals surface area contributed by atoms with E-state index in [1.165, 1.54) is 11.1 Å². The topological polar surface area (TPSA) is 38.7 Å². The molecule has 5 aromatic carbocycles. The molecule has 3 nitrogen and oxygen atoms in total. The van der Waals surface area contributed by atoms with Gasteiger partial charge in [0.15, 0.2) is 0 Å². The van der Waals surface area contributed by atoms with E-state index in [2.05, 4.69) is 137 Å². The van der Waals surface area contributed by atoms with Gasteiger partial charge in [-0.25, -0.2) is 0 Å². The first-order valence-electron chi connectivity index (χ1n) is 12.0. The van der Waals surface area contributed by atoms with Crippen LogP contribution in [0, 0.1) is 0 Å². The summed E-state index contributed by atoms with van der Waals surface area (Å²) in [7, 11) is 0. The Labute approximate surface area is 210 Å². The largest absolute Gasteiger partial charge is 0.139 e. The summed E-state index contributed by atoms with van der Waals surface area (Å²) in [6.07, 6.45) is 1.71. The van der Waals surface area contributed by atoms with Crippen molar-refractivity contribution in [2.24, 2.45) is 0 Å². The molecule has 1 heterocycles. The summed E-state index contributed by atoms with van der Waals surface area (Å²) < 4.78 is 0. The van der Waals surface area contributed by atoms with Gasteiger partial charge in [0.1, 0.15) is 0 Å². The van der Waals surface area contributed by atoms with Crippen molar-refractivity contribution >= 4 is 0 Å². The highest BCUT2D eigenvalue weighted by molar-refractivity contribution is 6.04. The van der Waals surface area contributed by atoms with Crippen molar-refractivity contribution < 1.29 is 0 Å². The first-order valence-corrected chi connectivity index (χ1v) is 12.0. The molecule has 0 N–H and O–H groups in total. The summed E-state index contributed by atoms with van der Waals surface area (Å²) in [5.41, 5.74) is 11.0. The number of aromatic nitrogens is 3. The summed E-state index contributed by atoms with van der Waals surface area (Å²) in [6.45, 7) is 0. The lowest BCUT2D eigenvalue weighted by atomic mass is 9.82. The molecule has 0 amide bonds. The zero-order valence-electron chi connectivity index (χ0n) is 19.6. The predicted molar refractivity (Wildman–Crippen MR) is 147 cm³/mol.